The molecule has 0 amide bonds. The van der Waals surface area contributed by atoms with Crippen LogP contribution < -0.4 is 0 Å². The summed E-state index contributed by atoms with van der Waals surface area (Å²) in [7, 11) is 0.314. The van der Waals surface area contributed by atoms with Crippen molar-refractivity contribution in [2.75, 3.05) is 21.2 Å². The quantitative estimate of drug-likeness (QED) is 0.715. The molecule has 0 spiro atoms. The Morgan fingerprint density at radius 1 is 1.53 bits per heavy atom. The van der Waals surface area contributed by atoms with E-state index in [4.69, 9.17) is 0 Å². The molecule has 0 aromatic carbocycles. The van der Waals surface area contributed by atoms with Crippen LogP contribution in [-0.4, -0.2) is 44.9 Å². The molecule has 0 unspecified atom stereocenters. The molecule has 1 aromatic rings. The van der Waals surface area contributed by atoms with Gasteiger partial charge in [0.15, 0.2) is 9.90 Å². The van der Waals surface area contributed by atoms with Gasteiger partial charge in [-0.1, -0.05) is 0 Å². The summed E-state index contributed by atoms with van der Waals surface area (Å²) in [5, 5.41) is 0. The molecule has 0 bridgehead atoms. The van der Waals surface area contributed by atoms with Crippen molar-refractivity contribution in [3.63, 3.8) is 0 Å². The molecule has 0 atom stereocenters. The van der Waals surface area contributed by atoms with Crippen molar-refractivity contribution in [1.29, 1.82) is 0 Å². The maximum atomic E-state index is 11.7. The van der Waals surface area contributed by atoms with Crippen LogP contribution in [0, 0.1) is 0 Å². The number of rotatable bonds is 3. The summed E-state index contributed by atoms with van der Waals surface area (Å²) in [5.41, 5.74) is 1.12. The largest absolute Gasteiger partial charge is 0.464 e. The lowest BCUT2D eigenvalue weighted by atomic mass is 10.5. The Kier molecular flexibility index (Phi) is 3.42. The summed E-state index contributed by atoms with van der Waals surface area (Å²) in [4.78, 5) is 14.9. The summed E-state index contributed by atoms with van der Waals surface area (Å²) in [6.07, 6.45) is 0. The Labute approximate surface area is 91.5 Å². The van der Waals surface area contributed by atoms with E-state index < -0.39 is 16.0 Å². The first-order valence-corrected chi connectivity index (χ1v) is 6.17. The number of carbonyl (C=O) groups excluding carboxylic acids is 1. The first-order chi connectivity index (χ1) is 6.91. The van der Waals surface area contributed by atoms with Crippen molar-refractivity contribution in [1.82, 2.24) is 9.29 Å². The van der Waals surface area contributed by atoms with Gasteiger partial charge in [0.05, 0.1) is 12.6 Å². The fourth-order valence-electron chi connectivity index (χ4n) is 0.817. The van der Waals surface area contributed by atoms with Crippen LogP contribution in [-0.2, 0) is 14.8 Å². The summed E-state index contributed by atoms with van der Waals surface area (Å²) in [6, 6.07) is 0. The van der Waals surface area contributed by atoms with E-state index in [2.05, 4.69) is 9.72 Å². The Morgan fingerprint density at radius 2 is 2.13 bits per heavy atom. The van der Waals surface area contributed by atoms with Crippen molar-refractivity contribution in [3.05, 3.63) is 11.2 Å². The van der Waals surface area contributed by atoms with E-state index in [1.54, 1.807) is 0 Å². The molecule has 8 heteroatoms. The molecular weight excluding hydrogens is 240 g/mol. The van der Waals surface area contributed by atoms with Crippen molar-refractivity contribution in [2.24, 2.45) is 0 Å². The van der Waals surface area contributed by atoms with Crippen LogP contribution in [0.1, 0.15) is 10.5 Å². The van der Waals surface area contributed by atoms with Gasteiger partial charge in [0.1, 0.15) is 0 Å². The molecule has 6 nitrogen and oxygen atoms in total. The summed E-state index contributed by atoms with van der Waals surface area (Å²) < 4.78 is 28.8. The SMILES string of the molecule is COC(=O)c1ncsc1S(=O)(=O)N(C)C. The molecule has 1 aromatic heterocycles. The van der Waals surface area contributed by atoms with E-state index in [0.29, 0.717) is 0 Å². The molecule has 15 heavy (non-hydrogen) atoms. The molecule has 0 saturated carbocycles. The number of hydrogen-bond donors (Lipinski definition) is 0. The molecule has 84 valence electrons. The van der Waals surface area contributed by atoms with Crippen LogP contribution in [0.15, 0.2) is 9.72 Å². The standard InChI is InChI=1S/C7H10N2O4S2/c1-9(2)15(11,12)7-5(6(10)13-3)8-4-14-7/h4H,1-3H3. The second-order valence-electron chi connectivity index (χ2n) is 2.77. The Hall–Kier alpha value is -0.990. The maximum absolute atomic E-state index is 11.7. The molecule has 0 aliphatic rings. The Bertz CT molecular complexity index is 463. The normalized spacial score (nSPS) is 11.7. The second-order valence-corrected chi connectivity index (χ2v) is 5.97. The topological polar surface area (TPSA) is 76.6 Å². The highest BCUT2D eigenvalue weighted by atomic mass is 32.2. The van der Waals surface area contributed by atoms with Gasteiger partial charge in [0, 0.05) is 14.1 Å². The second kappa shape index (κ2) is 4.25. The molecule has 0 fully saturated rings. The third kappa shape index (κ3) is 2.16. The van der Waals surface area contributed by atoms with Crippen LogP contribution in [0.25, 0.3) is 0 Å². The first-order valence-electron chi connectivity index (χ1n) is 3.85. The predicted molar refractivity (Wildman–Crippen MR) is 54.3 cm³/mol. The number of sulfonamides is 1. The third-order valence-electron chi connectivity index (χ3n) is 1.63. The monoisotopic (exact) mass is 250 g/mol. The lowest BCUT2D eigenvalue weighted by Crippen LogP contribution is -2.23. The zero-order valence-electron chi connectivity index (χ0n) is 8.42. The molecular formula is C7H10N2O4S2. The smallest absolute Gasteiger partial charge is 0.358 e. The van der Waals surface area contributed by atoms with Gasteiger partial charge in [-0.3, -0.25) is 0 Å². The molecule has 1 rings (SSSR count). The van der Waals surface area contributed by atoms with Gasteiger partial charge in [-0.05, 0) is 0 Å². The van der Waals surface area contributed by atoms with Gasteiger partial charge in [-0.2, -0.15) is 0 Å². The maximum Gasteiger partial charge on any atom is 0.358 e. The van der Waals surface area contributed by atoms with E-state index in [9.17, 15) is 13.2 Å². The van der Waals surface area contributed by atoms with Crippen LogP contribution >= 0.6 is 11.3 Å². The molecule has 0 aliphatic heterocycles. The summed E-state index contributed by atoms with van der Waals surface area (Å²) >= 11 is 0.887. The molecule has 0 N–H and O–H groups in total. The lowest BCUT2D eigenvalue weighted by Gasteiger charge is -2.09. The van der Waals surface area contributed by atoms with Gasteiger partial charge in [-0.25, -0.2) is 22.5 Å². The van der Waals surface area contributed by atoms with Crippen LogP contribution in [0.4, 0.5) is 0 Å². The number of esters is 1. The highest BCUT2D eigenvalue weighted by Gasteiger charge is 2.28. The highest BCUT2D eigenvalue weighted by molar-refractivity contribution is 7.91. The van der Waals surface area contributed by atoms with Gasteiger partial charge in [-0.15, -0.1) is 11.3 Å². The van der Waals surface area contributed by atoms with Crippen molar-refractivity contribution >= 4 is 27.3 Å². The minimum Gasteiger partial charge on any atom is -0.464 e. The van der Waals surface area contributed by atoms with E-state index in [0.717, 1.165) is 15.6 Å². The van der Waals surface area contributed by atoms with Gasteiger partial charge in [0.25, 0.3) is 10.0 Å². The predicted octanol–water partition coefficient (Wildman–Crippen LogP) is 0.180. The van der Waals surface area contributed by atoms with Gasteiger partial charge < -0.3 is 4.74 Å². The summed E-state index contributed by atoms with van der Waals surface area (Å²) in [6.45, 7) is 0. The molecule has 1 heterocycles. The minimum absolute atomic E-state index is 0.0978. The number of nitrogens with zero attached hydrogens (tertiary/aromatic N) is 2. The van der Waals surface area contributed by atoms with E-state index in [1.165, 1.54) is 26.7 Å². The molecule has 0 saturated heterocycles. The summed E-state index contributed by atoms with van der Waals surface area (Å²) in [5.74, 6) is -0.753. The fourth-order valence-corrected chi connectivity index (χ4v) is 3.09. The minimum atomic E-state index is -3.63. The van der Waals surface area contributed by atoms with E-state index in [-0.39, 0.29) is 9.90 Å². The number of aromatic nitrogens is 1. The zero-order chi connectivity index (χ0) is 11.6. The van der Waals surface area contributed by atoms with Crippen molar-refractivity contribution in [3.8, 4) is 0 Å². The third-order valence-corrected chi connectivity index (χ3v) is 4.79. The number of ether oxygens (including phenoxy) is 1. The Balaban J connectivity index is 3.29. The Morgan fingerprint density at radius 3 is 2.60 bits per heavy atom. The van der Waals surface area contributed by atoms with Gasteiger partial charge in [0.2, 0.25) is 0 Å². The number of hydrogen-bond acceptors (Lipinski definition) is 6. The van der Waals surface area contributed by atoms with Gasteiger partial charge >= 0.3 is 5.97 Å². The zero-order valence-corrected chi connectivity index (χ0v) is 10.1. The molecule has 0 aliphatic carbocycles. The lowest BCUT2D eigenvalue weighted by molar-refractivity contribution is 0.0590. The van der Waals surface area contributed by atoms with Crippen LogP contribution in [0.3, 0.4) is 0 Å². The van der Waals surface area contributed by atoms with Crippen molar-refractivity contribution in [2.45, 2.75) is 4.21 Å². The average molecular weight is 250 g/mol. The fraction of sp³-hybridized carbons (Fsp3) is 0.429. The number of carbonyl (C=O) groups is 1. The van der Waals surface area contributed by atoms with E-state index in [1.807, 2.05) is 0 Å². The highest BCUT2D eigenvalue weighted by Crippen LogP contribution is 2.22. The van der Waals surface area contributed by atoms with Crippen LogP contribution in [0.2, 0.25) is 0 Å². The number of methoxy groups -OCH3 is 1. The first kappa shape index (κ1) is 12.1. The average Bonchev–Trinajstić information content (AvgIpc) is 2.65. The number of thiazole rings is 1. The van der Waals surface area contributed by atoms with Crippen LogP contribution in [0.5, 0.6) is 0 Å². The molecule has 0 radical (unpaired) electrons. The van der Waals surface area contributed by atoms with Crippen molar-refractivity contribution < 1.29 is 17.9 Å². The van der Waals surface area contributed by atoms with E-state index >= 15 is 0 Å².